The minimum Gasteiger partial charge on any atom is -0.309 e. The molecule has 0 unspecified atom stereocenters. The van der Waals surface area contributed by atoms with Crippen molar-refractivity contribution in [2.24, 2.45) is 0 Å². The summed E-state index contributed by atoms with van der Waals surface area (Å²) in [6.45, 7) is 0. The second-order valence-electron chi connectivity index (χ2n) is 10.9. The van der Waals surface area contributed by atoms with Gasteiger partial charge in [0.2, 0.25) is 0 Å². The van der Waals surface area contributed by atoms with Crippen molar-refractivity contribution in [2.75, 3.05) is 0 Å². The van der Waals surface area contributed by atoms with E-state index in [1.165, 1.54) is 20.9 Å². The van der Waals surface area contributed by atoms with Crippen molar-refractivity contribution in [3.63, 3.8) is 0 Å². The maximum absolute atomic E-state index is 9.66. The van der Waals surface area contributed by atoms with Crippen LogP contribution < -0.4 is 0 Å². The van der Waals surface area contributed by atoms with Crippen molar-refractivity contribution in [3.05, 3.63) is 149 Å². The summed E-state index contributed by atoms with van der Waals surface area (Å²) < 4.78 is 2.25. The molecule has 0 saturated heterocycles. The number of nitriles is 2. The topological polar surface area (TPSA) is 78.3 Å². The summed E-state index contributed by atoms with van der Waals surface area (Å²) in [6.07, 6.45) is 3.69. The monoisotopic (exact) mass is 565 g/mol. The van der Waals surface area contributed by atoms with Crippen molar-refractivity contribution in [1.82, 2.24) is 14.5 Å². The molecule has 1 aliphatic carbocycles. The first-order chi connectivity index (χ1) is 21.2. The molecule has 6 heteroatoms. The van der Waals surface area contributed by atoms with Gasteiger partial charge < -0.3 is 4.57 Å². The molecule has 9 rings (SSSR count). The predicted molar refractivity (Wildman–Crippen MR) is 167 cm³/mol. The van der Waals surface area contributed by atoms with E-state index in [2.05, 4.69) is 71.3 Å². The van der Waals surface area contributed by atoms with E-state index in [1.807, 2.05) is 60.9 Å². The molecular weight excluding hydrogens is 547 g/mol. The molecule has 0 bridgehead atoms. The van der Waals surface area contributed by atoms with E-state index in [1.54, 1.807) is 11.8 Å². The molecule has 4 heterocycles. The van der Waals surface area contributed by atoms with Crippen LogP contribution in [0.1, 0.15) is 33.4 Å². The smallest absolute Gasteiger partial charge is 0.0991 e. The second-order valence-corrected chi connectivity index (χ2v) is 11.9. The Balaban J connectivity index is 1.40. The lowest BCUT2D eigenvalue weighted by Gasteiger charge is -2.39. The molecule has 1 spiro atoms. The van der Waals surface area contributed by atoms with Gasteiger partial charge in [-0.3, -0.25) is 9.97 Å². The van der Waals surface area contributed by atoms with Gasteiger partial charge in [-0.25, -0.2) is 0 Å². The van der Waals surface area contributed by atoms with Crippen LogP contribution in [0.4, 0.5) is 0 Å². The van der Waals surface area contributed by atoms with Gasteiger partial charge in [-0.1, -0.05) is 42.1 Å². The molecule has 3 aromatic heterocycles. The van der Waals surface area contributed by atoms with E-state index >= 15 is 0 Å². The molecule has 0 saturated carbocycles. The van der Waals surface area contributed by atoms with E-state index in [0.717, 1.165) is 50.0 Å². The first kappa shape index (κ1) is 24.0. The van der Waals surface area contributed by atoms with Gasteiger partial charge in [0.05, 0.1) is 51.1 Å². The summed E-state index contributed by atoms with van der Waals surface area (Å²) in [6, 6.07) is 39.9. The Kier molecular flexibility index (Phi) is 4.82. The maximum atomic E-state index is 9.66. The molecule has 0 atom stereocenters. The predicted octanol–water partition coefficient (Wildman–Crippen LogP) is 8.14. The highest BCUT2D eigenvalue weighted by Gasteiger charge is 2.51. The maximum Gasteiger partial charge on any atom is 0.0991 e. The number of nitrogens with zero attached hydrogens (tertiary/aromatic N) is 5. The summed E-state index contributed by atoms with van der Waals surface area (Å²) in [5, 5.41) is 21.2. The fourth-order valence-electron chi connectivity index (χ4n) is 7.13. The normalized spacial score (nSPS) is 13.6. The Morgan fingerprint density at radius 3 is 1.79 bits per heavy atom. The molecular formula is C37H19N5S. The number of pyridine rings is 2. The average Bonchev–Trinajstić information content (AvgIpc) is 3.55. The number of benzene rings is 4. The van der Waals surface area contributed by atoms with Gasteiger partial charge in [-0.15, -0.1) is 0 Å². The molecule has 2 aliphatic rings. The van der Waals surface area contributed by atoms with Crippen LogP contribution in [0, 0.1) is 22.7 Å². The highest BCUT2D eigenvalue weighted by Crippen LogP contribution is 2.61. The minimum absolute atomic E-state index is 0.582. The van der Waals surface area contributed by atoms with Crippen molar-refractivity contribution in [2.45, 2.75) is 15.2 Å². The minimum atomic E-state index is -0.582. The van der Waals surface area contributed by atoms with Gasteiger partial charge in [-0.2, -0.15) is 10.5 Å². The summed E-state index contributed by atoms with van der Waals surface area (Å²) in [4.78, 5) is 12.1. The van der Waals surface area contributed by atoms with Crippen LogP contribution in [-0.2, 0) is 5.41 Å². The molecule has 0 N–H and O–H groups in total. The van der Waals surface area contributed by atoms with E-state index in [0.29, 0.717) is 11.1 Å². The van der Waals surface area contributed by atoms with Crippen molar-refractivity contribution in [3.8, 4) is 29.2 Å². The first-order valence-corrected chi connectivity index (χ1v) is 14.8. The SMILES string of the molecule is N#Cc1ccc2c(c1)c1cc(C#N)ccc1n2-c1ccc2c(c1)C1(c3ccccc3S2)c2cccnc2-c2ncccc21. The Morgan fingerprint density at radius 1 is 0.581 bits per heavy atom. The molecule has 0 fully saturated rings. The largest absolute Gasteiger partial charge is 0.309 e. The Hall–Kier alpha value is -5.69. The van der Waals surface area contributed by atoms with Crippen LogP contribution in [0.5, 0.6) is 0 Å². The van der Waals surface area contributed by atoms with Gasteiger partial charge in [0.15, 0.2) is 0 Å². The van der Waals surface area contributed by atoms with Crippen LogP contribution in [0.2, 0.25) is 0 Å². The fraction of sp³-hybridized carbons (Fsp3) is 0.0270. The van der Waals surface area contributed by atoms with Crippen molar-refractivity contribution < 1.29 is 0 Å². The van der Waals surface area contributed by atoms with Crippen LogP contribution >= 0.6 is 11.8 Å². The first-order valence-electron chi connectivity index (χ1n) is 13.9. The highest BCUT2D eigenvalue weighted by atomic mass is 32.2. The third-order valence-corrected chi connectivity index (χ3v) is 9.96. The zero-order chi connectivity index (χ0) is 28.7. The summed E-state index contributed by atoms with van der Waals surface area (Å²) in [5.74, 6) is 0. The lowest BCUT2D eigenvalue weighted by atomic mass is 9.67. The fourth-order valence-corrected chi connectivity index (χ4v) is 8.30. The second kappa shape index (κ2) is 8.66. The number of rotatable bonds is 1. The van der Waals surface area contributed by atoms with E-state index in [9.17, 15) is 10.5 Å². The third kappa shape index (κ3) is 3.05. The van der Waals surface area contributed by atoms with Gasteiger partial charge in [0.1, 0.15) is 0 Å². The zero-order valence-electron chi connectivity index (χ0n) is 22.6. The molecule has 198 valence electrons. The lowest BCUT2D eigenvalue weighted by molar-refractivity contribution is 0.718. The van der Waals surface area contributed by atoms with E-state index in [4.69, 9.17) is 9.97 Å². The van der Waals surface area contributed by atoms with Gasteiger partial charge >= 0.3 is 0 Å². The molecule has 7 aromatic rings. The van der Waals surface area contributed by atoms with Crippen LogP contribution in [0.25, 0.3) is 38.9 Å². The quantitative estimate of drug-likeness (QED) is 0.201. The van der Waals surface area contributed by atoms with E-state index < -0.39 is 5.41 Å². The number of fused-ring (bicyclic) bond motifs is 12. The van der Waals surface area contributed by atoms with Crippen LogP contribution in [-0.4, -0.2) is 14.5 Å². The summed E-state index contributed by atoms with van der Waals surface area (Å²) >= 11 is 1.79. The van der Waals surface area contributed by atoms with Crippen LogP contribution in [0.3, 0.4) is 0 Å². The standard InChI is InChI=1S/C37H19N5S/c38-20-22-9-12-31-25(17-22)26-18-23(21-39)10-13-32(26)42(31)24-11-14-34-30(19-24)37(27-5-1-2-8-33(27)43-34)28-6-3-15-40-35(28)36-29(37)7-4-16-41-36/h1-19H. The number of hydrogen-bond donors (Lipinski definition) is 0. The molecule has 5 nitrogen and oxygen atoms in total. The number of hydrogen-bond acceptors (Lipinski definition) is 5. The molecule has 43 heavy (non-hydrogen) atoms. The third-order valence-electron chi connectivity index (χ3n) is 8.81. The molecule has 4 aromatic carbocycles. The summed E-state index contributed by atoms with van der Waals surface area (Å²) in [7, 11) is 0. The van der Waals surface area contributed by atoms with Crippen LogP contribution in [0.15, 0.2) is 125 Å². The molecule has 0 amide bonds. The Labute approximate surface area is 251 Å². The van der Waals surface area contributed by atoms with Crippen molar-refractivity contribution >= 4 is 33.6 Å². The summed E-state index contributed by atoms with van der Waals surface area (Å²) in [5.41, 5.74) is 10.1. The van der Waals surface area contributed by atoms with Gasteiger partial charge in [0.25, 0.3) is 0 Å². The zero-order valence-corrected chi connectivity index (χ0v) is 23.4. The highest BCUT2D eigenvalue weighted by molar-refractivity contribution is 7.99. The van der Waals surface area contributed by atoms with E-state index in [-0.39, 0.29) is 0 Å². The Bertz CT molecular complexity index is 2310. The Morgan fingerprint density at radius 2 is 1.16 bits per heavy atom. The van der Waals surface area contributed by atoms with Gasteiger partial charge in [0, 0.05) is 38.6 Å². The van der Waals surface area contributed by atoms with Crippen molar-refractivity contribution in [1.29, 1.82) is 10.5 Å². The lowest BCUT2D eigenvalue weighted by Crippen LogP contribution is -2.32. The number of aromatic nitrogens is 3. The van der Waals surface area contributed by atoms with Gasteiger partial charge in [-0.05, 0) is 95.1 Å². The average molecular weight is 566 g/mol. The molecule has 0 radical (unpaired) electrons. The molecule has 1 aliphatic heterocycles.